The number of carbonyl (C=O) groups is 1. The van der Waals surface area contributed by atoms with E-state index in [0.717, 1.165) is 40.1 Å². The van der Waals surface area contributed by atoms with Crippen LogP contribution in [0.15, 0.2) is 28.5 Å². The predicted octanol–water partition coefficient (Wildman–Crippen LogP) is 3.94. The van der Waals surface area contributed by atoms with Crippen molar-refractivity contribution < 1.29 is 17.9 Å². The van der Waals surface area contributed by atoms with Crippen molar-refractivity contribution >= 4 is 60.3 Å². The minimum absolute atomic E-state index is 0.183. The van der Waals surface area contributed by atoms with Crippen molar-refractivity contribution in [2.24, 2.45) is 0 Å². The lowest BCUT2D eigenvalue weighted by Gasteiger charge is -2.39. The Balaban J connectivity index is 1.38. The molecule has 1 amide bonds. The van der Waals surface area contributed by atoms with E-state index in [-0.39, 0.29) is 35.9 Å². The van der Waals surface area contributed by atoms with Crippen LogP contribution < -0.4 is 0 Å². The molecule has 3 aromatic rings. The topological polar surface area (TPSA) is 79.8 Å². The number of aryl methyl sites for hydroxylation is 2. The van der Waals surface area contributed by atoms with Gasteiger partial charge in [0.25, 0.3) is 10.0 Å². The first-order chi connectivity index (χ1) is 15.8. The second kappa shape index (κ2) is 9.24. The molecule has 33 heavy (non-hydrogen) atoms. The van der Waals surface area contributed by atoms with Gasteiger partial charge in [-0.1, -0.05) is 17.7 Å². The van der Waals surface area contributed by atoms with Crippen LogP contribution in [-0.4, -0.2) is 61.4 Å². The molecule has 2 aromatic heterocycles. The summed E-state index contributed by atoms with van der Waals surface area (Å²) in [5.74, 6) is -0.232. The quantitative estimate of drug-likeness (QED) is 0.487. The highest BCUT2D eigenvalue weighted by Crippen LogP contribution is 2.34. The number of aromatic nitrogens is 1. The average Bonchev–Trinajstić information content (AvgIpc) is 3.39. The van der Waals surface area contributed by atoms with Crippen LogP contribution in [0.2, 0.25) is 5.02 Å². The third-order valence-corrected chi connectivity index (χ3v) is 10.8. The monoisotopic (exact) mass is 525 g/mol. The van der Waals surface area contributed by atoms with Crippen LogP contribution in [0.5, 0.6) is 0 Å². The molecule has 1 aliphatic carbocycles. The number of thiophene rings is 1. The van der Waals surface area contributed by atoms with Gasteiger partial charge in [-0.15, -0.1) is 22.7 Å². The maximum Gasteiger partial charge on any atom is 0.253 e. The molecule has 11 heteroatoms. The largest absolute Gasteiger partial charge is 0.382 e. The summed E-state index contributed by atoms with van der Waals surface area (Å²) in [4.78, 5) is 21.0. The van der Waals surface area contributed by atoms with Crippen molar-refractivity contribution in [2.75, 3.05) is 26.8 Å². The second-order valence-electron chi connectivity index (χ2n) is 8.36. The van der Waals surface area contributed by atoms with Crippen LogP contribution in [0.4, 0.5) is 0 Å². The minimum atomic E-state index is -3.83. The summed E-state index contributed by atoms with van der Waals surface area (Å²) in [5, 5.41) is 2.28. The SMILES string of the molecule is COC[C@H]1CN(S(=O)(=O)c2cc3ccc(Cl)cc3s2)CC(=O)N1Cc1nc2c(s1)CCCC2. The third-order valence-electron chi connectivity index (χ3n) is 6.10. The molecule has 1 aromatic carbocycles. The fraction of sp³-hybridized carbons (Fsp3) is 0.455. The van der Waals surface area contributed by atoms with Crippen LogP contribution in [-0.2, 0) is 38.9 Å². The molecule has 5 rings (SSSR count). The van der Waals surface area contributed by atoms with Crippen LogP contribution in [0.25, 0.3) is 10.1 Å². The number of halogens is 1. The molecule has 3 heterocycles. The van der Waals surface area contributed by atoms with Gasteiger partial charge in [-0.05, 0) is 49.3 Å². The van der Waals surface area contributed by atoms with Crippen LogP contribution >= 0.6 is 34.3 Å². The van der Waals surface area contributed by atoms with E-state index in [1.54, 1.807) is 47.6 Å². The summed E-state index contributed by atoms with van der Waals surface area (Å²) in [6.07, 6.45) is 4.38. The Morgan fingerprint density at radius 3 is 2.82 bits per heavy atom. The number of nitrogens with zero attached hydrogens (tertiary/aromatic N) is 3. The predicted molar refractivity (Wildman–Crippen MR) is 131 cm³/mol. The van der Waals surface area contributed by atoms with Gasteiger partial charge in [0.15, 0.2) is 0 Å². The summed E-state index contributed by atoms with van der Waals surface area (Å²) in [7, 11) is -2.26. The lowest BCUT2D eigenvalue weighted by molar-refractivity contribution is -0.139. The molecule has 0 spiro atoms. The van der Waals surface area contributed by atoms with Crippen molar-refractivity contribution in [2.45, 2.75) is 42.5 Å². The Kier molecular flexibility index (Phi) is 6.49. The summed E-state index contributed by atoms with van der Waals surface area (Å²) >= 11 is 8.90. The highest BCUT2D eigenvalue weighted by Gasteiger charge is 2.39. The van der Waals surface area contributed by atoms with Crippen LogP contribution in [0.1, 0.15) is 28.4 Å². The highest BCUT2D eigenvalue weighted by atomic mass is 35.5. The van der Waals surface area contributed by atoms with Gasteiger partial charge >= 0.3 is 0 Å². The van der Waals surface area contributed by atoms with Crippen molar-refractivity contribution in [1.29, 1.82) is 0 Å². The van der Waals surface area contributed by atoms with Gasteiger partial charge in [0.05, 0.1) is 31.4 Å². The fourth-order valence-corrected chi connectivity index (χ4v) is 8.84. The van der Waals surface area contributed by atoms with Gasteiger partial charge in [-0.2, -0.15) is 4.31 Å². The molecule has 1 atom stereocenters. The molecule has 1 aliphatic heterocycles. The molecule has 7 nitrogen and oxygen atoms in total. The Morgan fingerprint density at radius 2 is 2.03 bits per heavy atom. The smallest absolute Gasteiger partial charge is 0.253 e. The summed E-state index contributed by atoms with van der Waals surface area (Å²) in [5.41, 5.74) is 1.16. The minimum Gasteiger partial charge on any atom is -0.382 e. The second-order valence-corrected chi connectivity index (χ2v) is 13.2. The molecule has 1 fully saturated rings. The van der Waals surface area contributed by atoms with Crippen molar-refractivity contribution in [3.05, 3.63) is 44.9 Å². The maximum atomic E-state index is 13.4. The van der Waals surface area contributed by atoms with Gasteiger partial charge in [0.1, 0.15) is 9.22 Å². The normalized spacial score (nSPS) is 19.9. The number of amides is 1. The summed E-state index contributed by atoms with van der Waals surface area (Å²) in [6, 6.07) is 6.56. The summed E-state index contributed by atoms with van der Waals surface area (Å²) in [6.45, 7) is 0.634. The third kappa shape index (κ3) is 4.56. The van der Waals surface area contributed by atoms with Crippen molar-refractivity contribution in [3.63, 3.8) is 0 Å². The Bertz CT molecular complexity index is 1280. The van der Waals surface area contributed by atoms with Crippen LogP contribution in [0.3, 0.4) is 0 Å². The fourth-order valence-electron chi connectivity index (χ4n) is 4.43. The van der Waals surface area contributed by atoms with E-state index in [1.807, 2.05) is 0 Å². The highest BCUT2D eigenvalue weighted by molar-refractivity contribution is 7.91. The zero-order chi connectivity index (χ0) is 23.2. The van der Waals surface area contributed by atoms with Gasteiger partial charge in [-0.3, -0.25) is 4.79 Å². The molecular weight excluding hydrogens is 502 g/mol. The molecular formula is C22H24ClN3O4S3. The van der Waals surface area contributed by atoms with Crippen LogP contribution in [0, 0.1) is 0 Å². The first-order valence-electron chi connectivity index (χ1n) is 10.8. The molecule has 0 saturated carbocycles. The zero-order valence-corrected chi connectivity index (χ0v) is 21.3. The molecule has 1 saturated heterocycles. The Morgan fingerprint density at radius 1 is 1.21 bits per heavy atom. The lowest BCUT2D eigenvalue weighted by atomic mass is 10.0. The Hall–Kier alpha value is -1.56. The molecule has 0 unspecified atom stereocenters. The van der Waals surface area contributed by atoms with E-state index < -0.39 is 10.0 Å². The van der Waals surface area contributed by atoms with Crippen molar-refractivity contribution in [1.82, 2.24) is 14.2 Å². The number of ether oxygens (including phenoxy) is 1. The number of piperazine rings is 1. The molecule has 176 valence electrons. The number of methoxy groups -OCH3 is 1. The van der Waals surface area contributed by atoms with E-state index in [4.69, 9.17) is 21.3 Å². The standard InChI is InChI=1S/C22H24ClN3O4S3/c1-30-13-16-10-25(33(28,29)22-8-14-6-7-15(23)9-19(14)32-22)12-21(27)26(16)11-20-24-17-4-2-3-5-18(17)31-20/h6-9,16H,2-5,10-13H2,1H3/t16-/m1/s1. The first kappa shape index (κ1) is 23.2. The van der Waals surface area contributed by atoms with Gasteiger partial charge in [0.2, 0.25) is 5.91 Å². The van der Waals surface area contributed by atoms with Crippen molar-refractivity contribution in [3.8, 4) is 0 Å². The van der Waals surface area contributed by atoms with E-state index in [0.29, 0.717) is 11.6 Å². The number of fused-ring (bicyclic) bond motifs is 2. The Labute approximate surface area is 206 Å². The van der Waals surface area contributed by atoms with E-state index >= 15 is 0 Å². The number of carbonyl (C=O) groups excluding carboxylic acids is 1. The van der Waals surface area contributed by atoms with E-state index in [1.165, 1.54) is 26.9 Å². The number of benzene rings is 1. The zero-order valence-electron chi connectivity index (χ0n) is 18.1. The van der Waals surface area contributed by atoms with E-state index in [9.17, 15) is 13.2 Å². The number of rotatable bonds is 6. The molecule has 0 bridgehead atoms. The van der Waals surface area contributed by atoms with E-state index in [2.05, 4.69) is 0 Å². The lowest BCUT2D eigenvalue weighted by Crippen LogP contribution is -2.58. The summed E-state index contributed by atoms with van der Waals surface area (Å²) < 4.78 is 34.5. The molecule has 0 N–H and O–H groups in total. The molecule has 2 aliphatic rings. The number of hydrogen-bond acceptors (Lipinski definition) is 7. The number of hydrogen-bond donors (Lipinski definition) is 0. The molecule has 0 radical (unpaired) electrons. The van der Waals surface area contributed by atoms with Gasteiger partial charge < -0.3 is 9.64 Å². The van der Waals surface area contributed by atoms with Gasteiger partial charge in [-0.25, -0.2) is 13.4 Å². The first-order valence-corrected chi connectivity index (χ1v) is 14.3. The number of sulfonamides is 1. The maximum absolute atomic E-state index is 13.4. The van der Waals surface area contributed by atoms with Gasteiger partial charge in [0, 0.05) is 28.3 Å². The average molecular weight is 526 g/mol. The number of thiazole rings is 1.